The van der Waals surface area contributed by atoms with Crippen LogP contribution in [0.4, 0.5) is 0 Å². The Kier molecular flexibility index (Phi) is 9.99. The predicted molar refractivity (Wildman–Crippen MR) is 221 cm³/mol. The summed E-state index contributed by atoms with van der Waals surface area (Å²) in [5.74, 6) is 1.92. The highest BCUT2D eigenvalue weighted by Crippen LogP contribution is 2.36. The first-order valence-corrected chi connectivity index (χ1v) is 20.2. The molecule has 0 bridgehead atoms. The summed E-state index contributed by atoms with van der Waals surface area (Å²) in [5, 5.41) is 7.67. The van der Waals surface area contributed by atoms with E-state index in [1.165, 1.54) is 31.8 Å². The molecule has 0 radical (unpaired) electrons. The first kappa shape index (κ1) is 33.1. The number of halogens is 1. The molecule has 244 valence electrons. The zero-order valence-electron chi connectivity index (χ0n) is 27.6. The van der Waals surface area contributed by atoms with Gasteiger partial charge in [-0.15, -0.1) is 0 Å². The molecule has 0 aliphatic heterocycles. The van der Waals surface area contributed by atoms with E-state index in [1.807, 2.05) is 12.1 Å². The molecule has 8 rings (SSSR count). The van der Waals surface area contributed by atoms with Gasteiger partial charge in [0, 0.05) is 21.2 Å². The van der Waals surface area contributed by atoms with Crippen LogP contribution in [-0.2, 0) is 0 Å². The third-order valence-electron chi connectivity index (χ3n) is 8.50. The molecule has 1 heterocycles. The second kappa shape index (κ2) is 15.4. The standard InChI is InChI=1S/C45H32BrN3P2/c46-36-19-13-16-33(30-36)43-47-44(34-17-14-28-41(31-34)50(37-20-5-1-6-21-37)38-22-7-2-8-23-38)49-45(48-43)35-18-15-29-42(32-35)51(39-24-9-3-10-25-39)40-26-11-4-12-27-40/h1-32H. The van der Waals surface area contributed by atoms with Crippen LogP contribution < -0.4 is 31.8 Å². The van der Waals surface area contributed by atoms with E-state index in [4.69, 9.17) is 15.0 Å². The maximum absolute atomic E-state index is 5.19. The summed E-state index contributed by atoms with van der Waals surface area (Å²) in [6.45, 7) is 0. The van der Waals surface area contributed by atoms with Crippen LogP contribution in [0.5, 0.6) is 0 Å². The average molecular weight is 757 g/mol. The molecule has 0 N–H and O–H groups in total. The molecule has 0 saturated heterocycles. The first-order valence-electron chi connectivity index (χ1n) is 16.7. The van der Waals surface area contributed by atoms with Crippen LogP contribution >= 0.6 is 31.8 Å². The topological polar surface area (TPSA) is 38.7 Å². The SMILES string of the molecule is Brc1cccc(-c2nc(-c3cccc(P(c4ccccc4)c4ccccc4)c3)nc(-c3cccc(P(c4ccccc4)c4ccccc4)c3)n2)c1. The Balaban J connectivity index is 1.27. The molecule has 0 aliphatic carbocycles. The smallest absolute Gasteiger partial charge is 0.164 e. The number of rotatable bonds is 9. The molecule has 0 spiro atoms. The molecule has 3 nitrogen and oxygen atoms in total. The number of benzene rings is 7. The summed E-state index contributed by atoms with van der Waals surface area (Å²) in [4.78, 5) is 15.4. The Morgan fingerprint density at radius 2 is 0.588 bits per heavy atom. The highest BCUT2D eigenvalue weighted by atomic mass is 79.9. The van der Waals surface area contributed by atoms with Crippen molar-refractivity contribution in [3.05, 3.63) is 199 Å². The van der Waals surface area contributed by atoms with Gasteiger partial charge in [-0.25, -0.2) is 15.0 Å². The van der Waals surface area contributed by atoms with Crippen molar-refractivity contribution in [1.82, 2.24) is 15.0 Å². The zero-order valence-corrected chi connectivity index (χ0v) is 31.0. The molecule has 8 aromatic rings. The van der Waals surface area contributed by atoms with Gasteiger partial charge in [-0.05, 0) is 71.9 Å². The fourth-order valence-electron chi connectivity index (χ4n) is 6.16. The minimum absolute atomic E-state index is 0.633. The second-order valence-corrected chi connectivity index (χ2v) is 17.3. The van der Waals surface area contributed by atoms with Gasteiger partial charge in [0.05, 0.1) is 0 Å². The number of nitrogens with zero attached hydrogens (tertiary/aromatic N) is 3. The molecule has 0 fully saturated rings. The van der Waals surface area contributed by atoms with Crippen LogP contribution in [0.1, 0.15) is 0 Å². The average Bonchev–Trinajstić information content (AvgIpc) is 3.20. The third kappa shape index (κ3) is 7.51. The molecular formula is C45H32BrN3P2. The van der Waals surface area contributed by atoms with Gasteiger partial charge < -0.3 is 0 Å². The van der Waals surface area contributed by atoms with Gasteiger partial charge in [0.25, 0.3) is 0 Å². The Morgan fingerprint density at radius 3 is 0.922 bits per heavy atom. The van der Waals surface area contributed by atoms with Gasteiger partial charge in [0.15, 0.2) is 17.5 Å². The Hall–Kier alpha value is -5.11. The van der Waals surface area contributed by atoms with E-state index in [0.717, 1.165) is 21.2 Å². The van der Waals surface area contributed by atoms with Crippen molar-refractivity contribution in [3.63, 3.8) is 0 Å². The molecule has 0 unspecified atom stereocenters. The van der Waals surface area contributed by atoms with Crippen molar-refractivity contribution in [2.24, 2.45) is 0 Å². The summed E-state index contributed by atoms with van der Waals surface area (Å²) in [6.07, 6.45) is 0. The molecule has 7 aromatic carbocycles. The fraction of sp³-hybridized carbons (Fsp3) is 0. The van der Waals surface area contributed by atoms with Crippen LogP contribution in [0.15, 0.2) is 199 Å². The normalized spacial score (nSPS) is 11.2. The monoisotopic (exact) mass is 755 g/mol. The van der Waals surface area contributed by atoms with E-state index in [1.54, 1.807) is 0 Å². The van der Waals surface area contributed by atoms with Crippen LogP contribution in [0.2, 0.25) is 0 Å². The van der Waals surface area contributed by atoms with Crippen molar-refractivity contribution in [3.8, 4) is 34.2 Å². The number of aromatic nitrogens is 3. The maximum atomic E-state index is 5.19. The molecule has 0 saturated carbocycles. The number of hydrogen-bond donors (Lipinski definition) is 0. The second-order valence-electron chi connectivity index (χ2n) is 11.9. The van der Waals surface area contributed by atoms with Crippen molar-refractivity contribution < 1.29 is 0 Å². The lowest BCUT2D eigenvalue weighted by Crippen LogP contribution is -2.20. The fourth-order valence-corrected chi connectivity index (χ4v) is 11.2. The van der Waals surface area contributed by atoms with E-state index in [2.05, 4.69) is 198 Å². The van der Waals surface area contributed by atoms with Gasteiger partial charge in [-0.3, -0.25) is 0 Å². The minimum atomic E-state index is -0.791. The Labute approximate surface area is 309 Å². The molecule has 0 amide bonds. The Morgan fingerprint density at radius 1 is 0.294 bits per heavy atom. The summed E-state index contributed by atoms with van der Waals surface area (Å²) < 4.78 is 0.972. The Bertz CT molecular complexity index is 2170. The van der Waals surface area contributed by atoms with E-state index in [9.17, 15) is 0 Å². The van der Waals surface area contributed by atoms with Crippen LogP contribution in [0, 0.1) is 0 Å². The number of hydrogen-bond acceptors (Lipinski definition) is 3. The molecule has 0 atom stereocenters. The van der Waals surface area contributed by atoms with E-state index >= 15 is 0 Å². The zero-order chi connectivity index (χ0) is 34.4. The van der Waals surface area contributed by atoms with Crippen LogP contribution in [0.25, 0.3) is 34.2 Å². The minimum Gasteiger partial charge on any atom is -0.208 e. The molecular weight excluding hydrogens is 724 g/mol. The first-order chi connectivity index (χ1) is 25.2. The predicted octanol–water partition coefficient (Wildman–Crippen LogP) is 9.15. The van der Waals surface area contributed by atoms with Crippen LogP contribution in [-0.4, -0.2) is 15.0 Å². The molecule has 1 aromatic heterocycles. The lowest BCUT2D eigenvalue weighted by molar-refractivity contribution is 1.07. The van der Waals surface area contributed by atoms with Gasteiger partial charge in [0.2, 0.25) is 0 Å². The maximum Gasteiger partial charge on any atom is 0.164 e. The summed E-state index contributed by atoms with van der Waals surface area (Å²) in [7, 11) is -1.58. The summed E-state index contributed by atoms with van der Waals surface area (Å²) in [6, 6.07) is 68.7. The molecule has 6 heteroatoms. The van der Waals surface area contributed by atoms with Crippen LogP contribution in [0.3, 0.4) is 0 Å². The van der Waals surface area contributed by atoms with Crippen molar-refractivity contribution >= 4 is 63.6 Å². The lowest BCUT2D eigenvalue weighted by Gasteiger charge is -2.20. The van der Waals surface area contributed by atoms with E-state index in [-0.39, 0.29) is 0 Å². The van der Waals surface area contributed by atoms with Crippen molar-refractivity contribution in [2.45, 2.75) is 0 Å². The third-order valence-corrected chi connectivity index (χ3v) is 13.8. The van der Waals surface area contributed by atoms with Crippen molar-refractivity contribution in [2.75, 3.05) is 0 Å². The van der Waals surface area contributed by atoms with Gasteiger partial charge in [0.1, 0.15) is 0 Å². The highest BCUT2D eigenvalue weighted by Gasteiger charge is 2.20. The van der Waals surface area contributed by atoms with Gasteiger partial charge >= 0.3 is 0 Å². The quantitative estimate of drug-likeness (QED) is 0.138. The van der Waals surface area contributed by atoms with Gasteiger partial charge in [-0.1, -0.05) is 186 Å². The van der Waals surface area contributed by atoms with E-state index in [0.29, 0.717) is 17.5 Å². The van der Waals surface area contributed by atoms with Gasteiger partial charge in [-0.2, -0.15) is 0 Å². The summed E-state index contributed by atoms with van der Waals surface area (Å²) >= 11 is 3.66. The molecule has 0 aliphatic rings. The lowest BCUT2D eigenvalue weighted by atomic mass is 10.1. The summed E-state index contributed by atoms with van der Waals surface area (Å²) in [5.41, 5.74) is 2.84. The largest absolute Gasteiger partial charge is 0.208 e. The van der Waals surface area contributed by atoms with E-state index < -0.39 is 15.8 Å². The molecule has 51 heavy (non-hydrogen) atoms. The highest BCUT2D eigenvalue weighted by molar-refractivity contribution is 9.10. The van der Waals surface area contributed by atoms with Crippen molar-refractivity contribution in [1.29, 1.82) is 0 Å².